The van der Waals surface area contributed by atoms with Crippen molar-refractivity contribution in [1.29, 1.82) is 5.26 Å². The van der Waals surface area contributed by atoms with Crippen molar-refractivity contribution in [3.05, 3.63) is 90.0 Å². The molecule has 0 aliphatic carbocycles. The zero-order chi connectivity index (χ0) is 29.5. The number of nitrogens with one attached hydrogen (secondary N) is 2. The summed E-state index contributed by atoms with van der Waals surface area (Å²) in [5, 5.41) is 14.6. The van der Waals surface area contributed by atoms with Gasteiger partial charge in [-0.1, -0.05) is 42.5 Å². The van der Waals surface area contributed by atoms with Crippen LogP contribution in [0.1, 0.15) is 11.1 Å². The second-order valence-electron chi connectivity index (χ2n) is 9.89. The number of hydrogen-bond donors (Lipinski definition) is 2. The molecular weight excluding hydrogens is 550 g/mol. The molecule has 5 rings (SSSR count). The first kappa shape index (κ1) is 28.9. The van der Waals surface area contributed by atoms with Crippen LogP contribution < -0.4 is 20.4 Å². The number of thioether (sulfide) groups is 1. The molecule has 2 N–H and O–H groups in total. The lowest BCUT2D eigenvalue weighted by Gasteiger charge is -2.28. The first-order valence-corrected chi connectivity index (χ1v) is 14.8. The Kier molecular flexibility index (Phi) is 9.16. The highest BCUT2D eigenvalue weighted by atomic mass is 32.2. The molecule has 4 amide bonds. The van der Waals surface area contributed by atoms with Gasteiger partial charge in [-0.25, -0.2) is 4.79 Å². The second kappa shape index (κ2) is 13.3. The van der Waals surface area contributed by atoms with E-state index < -0.39 is 18.1 Å². The van der Waals surface area contributed by atoms with Crippen LogP contribution in [0.4, 0.5) is 21.9 Å². The summed E-state index contributed by atoms with van der Waals surface area (Å²) >= 11 is 1.90. The number of hydrogen-bond acceptors (Lipinski definition) is 7. The van der Waals surface area contributed by atoms with Crippen LogP contribution >= 0.6 is 11.8 Å². The quantitative estimate of drug-likeness (QED) is 0.440. The van der Waals surface area contributed by atoms with E-state index in [1.54, 1.807) is 31.3 Å². The van der Waals surface area contributed by atoms with Crippen LogP contribution in [-0.2, 0) is 9.59 Å². The maximum atomic E-state index is 14.1. The predicted octanol–water partition coefficient (Wildman–Crippen LogP) is 3.55. The lowest BCUT2D eigenvalue weighted by Crippen LogP contribution is -2.51. The van der Waals surface area contributed by atoms with Gasteiger partial charge in [0, 0.05) is 55.1 Å². The third-order valence-corrected chi connectivity index (χ3v) is 8.04. The zero-order valence-electron chi connectivity index (χ0n) is 23.2. The lowest BCUT2D eigenvalue weighted by molar-refractivity contribution is -0.123. The molecule has 0 aromatic heterocycles. The minimum absolute atomic E-state index is 0.242. The molecule has 0 radical (unpaired) electrons. The average molecular weight is 582 g/mol. The number of carbonyl (C=O) groups is 3. The van der Waals surface area contributed by atoms with Crippen molar-refractivity contribution in [1.82, 2.24) is 10.2 Å². The fraction of sp³-hybridized carbons (Fsp3) is 0.258. The molecule has 0 bridgehead atoms. The van der Waals surface area contributed by atoms with Crippen molar-refractivity contribution >= 4 is 52.4 Å². The number of carbonyl (C=O) groups excluding carboxylic acids is 3. The molecule has 1 atom stereocenters. The van der Waals surface area contributed by atoms with E-state index >= 15 is 0 Å². The number of aliphatic imine (C=N–C) groups is 1. The number of nitriles is 1. The van der Waals surface area contributed by atoms with Gasteiger partial charge in [0.1, 0.15) is 6.54 Å². The van der Waals surface area contributed by atoms with E-state index in [9.17, 15) is 19.6 Å². The number of urea groups is 1. The van der Waals surface area contributed by atoms with Crippen LogP contribution in [0.15, 0.2) is 83.9 Å². The summed E-state index contributed by atoms with van der Waals surface area (Å²) in [6, 6.07) is 24.5. The van der Waals surface area contributed by atoms with Crippen molar-refractivity contribution in [3.8, 4) is 6.07 Å². The number of nitrogens with zero attached hydrogens (tertiary/aromatic N) is 5. The molecule has 2 heterocycles. The van der Waals surface area contributed by atoms with Crippen LogP contribution in [-0.4, -0.2) is 79.4 Å². The van der Waals surface area contributed by atoms with Crippen molar-refractivity contribution < 1.29 is 14.4 Å². The molecule has 3 aromatic carbocycles. The van der Waals surface area contributed by atoms with E-state index in [1.807, 2.05) is 66.4 Å². The normalized spacial score (nSPS) is 16.9. The molecule has 3 aromatic rings. The van der Waals surface area contributed by atoms with Gasteiger partial charge in [0.15, 0.2) is 0 Å². The molecule has 1 fully saturated rings. The van der Waals surface area contributed by atoms with Gasteiger partial charge in [-0.15, -0.1) is 0 Å². The molecule has 0 spiro atoms. The highest BCUT2D eigenvalue weighted by Gasteiger charge is 2.35. The van der Waals surface area contributed by atoms with Gasteiger partial charge >= 0.3 is 6.03 Å². The Morgan fingerprint density at radius 2 is 1.79 bits per heavy atom. The van der Waals surface area contributed by atoms with E-state index in [0.29, 0.717) is 34.9 Å². The Morgan fingerprint density at radius 3 is 2.55 bits per heavy atom. The summed E-state index contributed by atoms with van der Waals surface area (Å²) in [4.78, 5) is 50.6. The van der Waals surface area contributed by atoms with Gasteiger partial charge in [0.2, 0.25) is 12.1 Å². The number of rotatable bonds is 7. The molecule has 2 aliphatic heterocycles. The minimum atomic E-state index is -1.28. The first-order valence-electron chi connectivity index (χ1n) is 13.6. The molecule has 214 valence electrons. The monoisotopic (exact) mass is 581 g/mol. The standard InChI is InChI=1S/C31H31N7O3S/c1-36(24-10-3-2-4-11-24)28(39)21-38-27-13-6-5-12-25(27)26(20-37-14-16-42-17-15-37)34-29(30(38)40)35-31(41)33-23-9-7-8-22(18-23)19-32/h2-13,18,29H,14-17,20-21H2,1H3,(H2,33,35,41). The van der Waals surface area contributed by atoms with E-state index in [-0.39, 0.29) is 12.5 Å². The number of anilines is 3. The molecule has 1 saturated heterocycles. The summed E-state index contributed by atoms with van der Waals surface area (Å²) < 4.78 is 0. The second-order valence-corrected chi connectivity index (χ2v) is 11.1. The number of amides is 4. The van der Waals surface area contributed by atoms with Gasteiger partial charge in [0.25, 0.3) is 5.91 Å². The Bertz CT molecular complexity index is 1530. The average Bonchev–Trinajstić information content (AvgIpc) is 3.12. The molecule has 42 heavy (non-hydrogen) atoms. The lowest BCUT2D eigenvalue weighted by atomic mass is 10.1. The minimum Gasteiger partial charge on any atom is -0.314 e. The molecule has 10 nitrogen and oxygen atoms in total. The molecule has 11 heteroatoms. The zero-order valence-corrected chi connectivity index (χ0v) is 24.0. The van der Waals surface area contributed by atoms with Gasteiger partial charge in [0.05, 0.1) is 23.0 Å². The Labute approximate surface area is 249 Å². The molecule has 2 aliphatic rings. The summed E-state index contributed by atoms with van der Waals surface area (Å²) in [5.41, 5.74) is 3.46. The molecular formula is C31H31N7O3S. The summed E-state index contributed by atoms with van der Waals surface area (Å²) in [6.45, 7) is 2.03. The maximum absolute atomic E-state index is 14.1. The van der Waals surface area contributed by atoms with E-state index in [4.69, 9.17) is 4.99 Å². The topological polar surface area (TPSA) is 121 Å². The Balaban J connectivity index is 1.46. The largest absolute Gasteiger partial charge is 0.321 e. The number of para-hydroxylation sites is 2. The fourth-order valence-corrected chi connectivity index (χ4v) is 5.83. The number of likely N-dealkylation sites (N-methyl/N-ethyl adjacent to an activating group) is 1. The predicted molar refractivity (Wildman–Crippen MR) is 166 cm³/mol. The van der Waals surface area contributed by atoms with Gasteiger partial charge < -0.3 is 15.5 Å². The van der Waals surface area contributed by atoms with Crippen LogP contribution in [0.5, 0.6) is 0 Å². The number of benzodiazepines with no additional fused rings is 1. The maximum Gasteiger partial charge on any atom is 0.321 e. The van der Waals surface area contributed by atoms with E-state index in [0.717, 1.165) is 30.2 Å². The number of benzene rings is 3. The van der Waals surface area contributed by atoms with Crippen LogP contribution in [0.2, 0.25) is 0 Å². The number of fused-ring (bicyclic) bond motifs is 1. The van der Waals surface area contributed by atoms with Gasteiger partial charge in [-0.3, -0.25) is 24.4 Å². The molecule has 1 unspecified atom stereocenters. The smallest absolute Gasteiger partial charge is 0.314 e. The molecule has 0 saturated carbocycles. The van der Waals surface area contributed by atoms with Crippen molar-refractivity contribution in [2.24, 2.45) is 4.99 Å². The first-order chi connectivity index (χ1) is 20.4. The third-order valence-electron chi connectivity index (χ3n) is 7.10. The third kappa shape index (κ3) is 6.79. The van der Waals surface area contributed by atoms with Crippen molar-refractivity contribution in [2.75, 3.05) is 59.8 Å². The van der Waals surface area contributed by atoms with Crippen molar-refractivity contribution in [2.45, 2.75) is 6.17 Å². The van der Waals surface area contributed by atoms with E-state index in [1.165, 1.54) is 15.9 Å². The highest BCUT2D eigenvalue weighted by Crippen LogP contribution is 2.27. The fourth-order valence-electron chi connectivity index (χ4n) is 4.85. The van der Waals surface area contributed by atoms with Crippen LogP contribution in [0, 0.1) is 11.3 Å². The van der Waals surface area contributed by atoms with Gasteiger partial charge in [-0.2, -0.15) is 17.0 Å². The van der Waals surface area contributed by atoms with Crippen LogP contribution in [0.3, 0.4) is 0 Å². The van der Waals surface area contributed by atoms with Crippen LogP contribution in [0.25, 0.3) is 0 Å². The van der Waals surface area contributed by atoms with Crippen molar-refractivity contribution in [3.63, 3.8) is 0 Å². The highest BCUT2D eigenvalue weighted by molar-refractivity contribution is 7.99. The SMILES string of the molecule is CN(C(=O)CN1C(=O)C(NC(=O)Nc2cccc(C#N)c2)N=C(CN2CCSCC2)c2ccccc21)c1ccccc1. The Morgan fingerprint density at radius 1 is 1.05 bits per heavy atom. The summed E-state index contributed by atoms with van der Waals surface area (Å²) in [5.74, 6) is 1.19. The van der Waals surface area contributed by atoms with Gasteiger partial charge in [-0.05, 0) is 36.4 Å². The summed E-state index contributed by atoms with van der Waals surface area (Å²) in [6.07, 6.45) is -1.28. The van der Waals surface area contributed by atoms with E-state index in [2.05, 4.69) is 15.5 Å². The Hall–Kier alpha value is -4.66. The summed E-state index contributed by atoms with van der Waals surface area (Å²) in [7, 11) is 1.67.